The van der Waals surface area contributed by atoms with Crippen LogP contribution in [0.2, 0.25) is 0 Å². The molecule has 4 rings (SSSR count). The molecule has 3 N–H and O–H groups in total. The summed E-state index contributed by atoms with van der Waals surface area (Å²) in [6, 6.07) is 4.03. The second kappa shape index (κ2) is 11.6. The average Bonchev–Trinajstić information content (AvgIpc) is 3.07. The molecule has 3 heterocycles. The Morgan fingerprint density at radius 3 is 2.67 bits per heavy atom. The van der Waals surface area contributed by atoms with Gasteiger partial charge in [0.25, 0.3) is 5.91 Å². The van der Waals surface area contributed by atoms with Gasteiger partial charge in [-0.3, -0.25) is 14.5 Å². The lowest BCUT2D eigenvalue weighted by Gasteiger charge is -2.27. The number of hydrogen-bond donors (Lipinski definition) is 3. The fraction of sp³-hybridized carbons (Fsp3) is 0.591. The van der Waals surface area contributed by atoms with E-state index in [1.54, 1.807) is 11.0 Å². The lowest BCUT2D eigenvalue weighted by atomic mass is 10.1. The summed E-state index contributed by atoms with van der Waals surface area (Å²) in [7, 11) is 0. The Hall–Kier alpha value is -3.26. The summed E-state index contributed by atoms with van der Waals surface area (Å²) in [6.07, 6.45) is -3.08. The van der Waals surface area contributed by atoms with E-state index in [4.69, 9.17) is 9.57 Å². The number of ether oxygens (including phenoxy) is 1. The van der Waals surface area contributed by atoms with E-state index in [0.717, 1.165) is 25.9 Å². The highest BCUT2D eigenvalue weighted by Gasteiger charge is 2.34. The Kier molecular flexibility index (Phi) is 8.36. The SMILES string of the molecule is O=C(NCC1CN(c2ccc(N3CCON(C(=O)NC4CCNCC4)CC3)c(F)c2)C(=O)O1)C(F)F. The van der Waals surface area contributed by atoms with E-state index in [2.05, 4.69) is 10.6 Å². The number of rotatable bonds is 6. The predicted molar refractivity (Wildman–Crippen MR) is 122 cm³/mol. The van der Waals surface area contributed by atoms with E-state index in [1.807, 2.05) is 5.32 Å². The molecule has 3 fully saturated rings. The zero-order valence-electron chi connectivity index (χ0n) is 19.6. The number of benzene rings is 1. The van der Waals surface area contributed by atoms with E-state index in [9.17, 15) is 23.2 Å². The number of nitrogens with zero attached hydrogens (tertiary/aromatic N) is 3. The number of cyclic esters (lactones) is 1. The first kappa shape index (κ1) is 25.8. The number of alkyl halides is 2. The van der Waals surface area contributed by atoms with Crippen molar-refractivity contribution in [3.05, 3.63) is 24.0 Å². The zero-order valence-corrected chi connectivity index (χ0v) is 19.6. The van der Waals surface area contributed by atoms with Gasteiger partial charge >= 0.3 is 18.5 Å². The maximum absolute atomic E-state index is 15.1. The first-order chi connectivity index (χ1) is 17.3. The molecule has 0 radical (unpaired) electrons. The van der Waals surface area contributed by atoms with Crippen molar-refractivity contribution in [1.29, 1.82) is 0 Å². The van der Waals surface area contributed by atoms with E-state index < -0.39 is 30.3 Å². The standard InChI is InChI=1S/C22H29F3N6O5/c23-17-11-15(30-13-16(36-22(30)34)12-27-20(32)19(24)25)1-2-18(17)29-7-8-31(35-10-9-29)21(33)28-14-3-5-26-6-4-14/h1-2,11,14,16,19,26H,3-10,12-13H2,(H,27,32)(H,28,33). The quantitative estimate of drug-likeness (QED) is 0.520. The molecule has 14 heteroatoms. The van der Waals surface area contributed by atoms with Gasteiger partial charge in [-0.1, -0.05) is 0 Å². The van der Waals surface area contributed by atoms with Crippen molar-refractivity contribution < 1.29 is 37.1 Å². The van der Waals surface area contributed by atoms with Crippen molar-refractivity contribution >= 4 is 29.4 Å². The van der Waals surface area contributed by atoms with Crippen molar-refractivity contribution in [2.24, 2.45) is 0 Å². The summed E-state index contributed by atoms with van der Waals surface area (Å²) in [5.41, 5.74) is 0.522. The van der Waals surface area contributed by atoms with Crippen LogP contribution in [0.3, 0.4) is 0 Å². The van der Waals surface area contributed by atoms with Crippen molar-refractivity contribution in [3.8, 4) is 0 Å². The third kappa shape index (κ3) is 6.29. The molecule has 0 aromatic heterocycles. The third-order valence-electron chi connectivity index (χ3n) is 6.23. The number of carbonyl (C=O) groups is 3. The molecule has 1 aromatic carbocycles. The largest absolute Gasteiger partial charge is 0.442 e. The maximum Gasteiger partial charge on any atom is 0.414 e. The number of piperidine rings is 1. The summed E-state index contributed by atoms with van der Waals surface area (Å²) in [5, 5.41) is 9.47. The number of nitrogens with one attached hydrogen (secondary N) is 3. The molecular weight excluding hydrogens is 485 g/mol. The second-order valence-corrected chi connectivity index (χ2v) is 8.69. The van der Waals surface area contributed by atoms with Crippen LogP contribution in [-0.4, -0.2) is 94.1 Å². The normalized spacial score (nSPS) is 21.4. The van der Waals surface area contributed by atoms with Crippen LogP contribution in [0.1, 0.15) is 12.8 Å². The van der Waals surface area contributed by atoms with Crippen LogP contribution >= 0.6 is 0 Å². The van der Waals surface area contributed by atoms with E-state index in [0.29, 0.717) is 13.1 Å². The molecule has 0 saturated carbocycles. The van der Waals surface area contributed by atoms with Gasteiger partial charge in [-0.15, -0.1) is 0 Å². The lowest BCUT2D eigenvalue weighted by molar-refractivity contribution is -0.132. The molecule has 1 atom stereocenters. The van der Waals surface area contributed by atoms with Crippen LogP contribution in [0, 0.1) is 5.82 Å². The molecular formula is C22H29F3N6O5. The van der Waals surface area contributed by atoms with E-state index >= 15 is 4.39 Å². The molecule has 36 heavy (non-hydrogen) atoms. The fourth-order valence-corrected chi connectivity index (χ4v) is 4.31. The smallest absolute Gasteiger partial charge is 0.414 e. The highest BCUT2D eigenvalue weighted by molar-refractivity contribution is 5.90. The zero-order chi connectivity index (χ0) is 25.7. The van der Waals surface area contributed by atoms with Crippen LogP contribution < -0.4 is 25.8 Å². The van der Waals surface area contributed by atoms with E-state index in [-0.39, 0.29) is 49.7 Å². The molecule has 11 nitrogen and oxygen atoms in total. The van der Waals surface area contributed by atoms with Crippen molar-refractivity contribution in [2.45, 2.75) is 31.4 Å². The Bertz CT molecular complexity index is 964. The minimum atomic E-state index is -3.17. The number of carbonyl (C=O) groups excluding carboxylic acids is 3. The van der Waals surface area contributed by atoms with Crippen LogP contribution in [-0.2, 0) is 14.4 Å². The molecule has 1 aromatic rings. The molecule has 0 bridgehead atoms. The minimum Gasteiger partial charge on any atom is -0.442 e. The number of hydrogen-bond acceptors (Lipinski definition) is 7. The highest BCUT2D eigenvalue weighted by Crippen LogP contribution is 2.28. The molecule has 1 unspecified atom stereocenters. The summed E-state index contributed by atoms with van der Waals surface area (Å²) in [6.45, 7) is 2.51. The summed E-state index contributed by atoms with van der Waals surface area (Å²) >= 11 is 0. The third-order valence-corrected chi connectivity index (χ3v) is 6.23. The van der Waals surface area contributed by atoms with Gasteiger partial charge in [0, 0.05) is 19.1 Å². The van der Waals surface area contributed by atoms with Crippen molar-refractivity contribution in [2.75, 3.05) is 62.2 Å². The highest BCUT2D eigenvalue weighted by atomic mass is 19.3. The topological polar surface area (TPSA) is 115 Å². The van der Waals surface area contributed by atoms with Gasteiger partial charge in [-0.25, -0.2) is 19.0 Å². The van der Waals surface area contributed by atoms with Gasteiger partial charge in [-0.2, -0.15) is 8.78 Å². The second-order valence-electron chi connectivity index (χ2n) is 8.69. The van der Waals surface area contributed by atoms with Gasteiger partial charge in [-0.05, 0) is 44.1 Å². The van der Waals surface area contributed by atoms with Gasteiger partial charge in [0.1, 0.15) is 11.9 Å². The number of halogens is 3. The van der Waals surface area contributed by atoms with Crippen LogP contribution in [0.15, 0.2) is 18.2 Å². The Balaban J connectivity index is 1.32. The molecule has 3 aliphatic rings. The first-order valence-corrected chi connectivity index (χ1v) is 11.8. The van der Waals surface area contributed by atoms with Crippen molar-refractivity contribution in [1.82, 2.24) is 21.0 Å². The van der Waals surface area contributed by atoms with Crippen LogP contribution in [0.25, 0.3) is 0 Å². The number of anilines is 2. The molecule has 4 amide bonds. The number of amides is 4. The van der Waals surface area contributed by atoms with Crippen molar-refractivity contribution in [3.63, 3.8) is 0 Å². The molecule has 0 spiro atoms. The molecule has 198 valence electrons. The van der Waals surface area contributed by atoms with Gasteiger partial charge in [0.05, 0.1) is 37.6 Å². The van der Waals surface area contributed by atoms with Gasteiger partial charge in [0.2, 0.25) is 0 Å². The van der Waals surface area contributed by atoms with Crippen LogP contribution in [0.5, 0.6) is 0 Å². The Morgan fingerprint density at radius 1 is 1.17 bits per heavy atom. The predicted octanol–water partition coefficient (Wildman–Crippen LogP) is 1.05. The minimum absolute atomic E-state index is 0.0280. The number of urea groups is 1. The van der Waals surface area contributed by atoms with Crippen LogP contribution in [0.4, 0.5) is 34.1 Å². The van der Waals surface area contributed by atoms with Gasteiger partial charge in [0.15, 0.2) is 0 Å². The fourth-order valence-electron chi connectivity index (χ4n) is 4.31. The monoisotopic (exact) mass is 514 g/mol. The molecule has 0 aliphatic carbocycles. The average molecular weight is 515 g/mol. The summed E-state index contributed by atoms with van der Waals surface area (Å²) < 4.78 is 44.8. The lowest BCUT2D eigenvalue weighted by Crippen LogP contribution is -2.49. The molecule has 3 saturated heterocycles. The molecule has 3 aliphatic heterocycles. The Labute approximate surface area is 205 Å². The summed E-state index contributed by atoms with van der Waals surface area (Å²) in [5.74, 6) is -2.04. The maximum atomic E-state index is 15.1. The number of hydroxylamine groups is 2. The first-order valence-electron chi connectivity index (χ1n) is 11.8. The van der Waals surface area contributed by atoms with Gasteiger partial charge < -0.3 is 25.6 Å². The summed E-state index contributed by atoms with van der Waals surface area (Å²) in [4.78, 5) is 44.3. The van der Waals surface area contributed by atoms with E-state index in [1.165, 1.54) is 22.1 Å². The Morgan fingerprint density at radius 2 is 1.94 bits per heavy atom.